The SMILES string of the molecule is CCOc1cc(C)ccc1CCC(=O)O. The first-order chi connectivity index (χ1) is 7.13. The summed E-state index contributed by atoms with van der Waals surface area (Å²) < 4.78 is 5.46. The molecule has 82 valence electrons. The van der Waals surface area contributed by atoms with Crippen LogP contribution in [0.1, 0.15) is 24.5 Å². The van der Waals surface area contributed by atoms with Crippen LogP contribution in [0.25, 0.3) is 0 Å². The minimum absolute atomic E-state index is 0.142. The Kier molecular flexibility index (Phi) is 4.16. The van der Waals surface area contributed by atoms with Crippen LogP contribution >= 0.6 is 0 Å². The molecule has 3 nitrogen and oxygen atoms in total. The van der Waals surface area contributed by atoms with Crippen LogP contribution in [-0.4, -0.2) is 17.7 Å². The van der Waals surface area contributed by atoms with Crippen molar-refractivity contribution in [3.05, 3.63) is 29.3 Å². The fraction of sp³-hybridized carbons (Fsp3) is 0.417. The predicted molar refractivity (Wildman–Crippen MR) is 58.3 cm³/mol. The van der Waals surface area contributed by atoms with Gasteiger partial charge in [-0.25, -0.2) is 0 Å². The quantitative estimate of drug-likeness (QED) is 0.808. The number of hydrogen-bond donors (Lipinski definition) is 1. The lowest BCUT2D eigenvalue weighted by atomic mass is 10.1. The summed E-state index contributed by atoms with van der Waals surface area (Å²) in [5, 5.41) is 8.61. The second kappa shape index (κ2) is 5.39. The summed E-state index contributed by atoms with van der Waals surface area (Å²) >= 11 is 0. The molecule has 0 aromatic heterocycles. The molecule has 0 heterocycles. The highest BCUT2D eigenvalue weighted by Crippen LogP contribution is 2.21. The Morgan fingerprint density at radius 2 is 2.20 bits per heavy atom. The monoisotopic (exact) mass is 208 g/mol. The Labute approximate surface area is 89.7 Å². The standard InChI is InChI=1S/C12H16O3/c1-3-15-11-8-9(2)4-5-10(11)6-7-12(13)14/h4-5,8H,3,6-7H2,1-2H3,(H,13,14). The smallest absolute Gasteiger partial charge is 0.303 e. The van der Waals surface area contributed by atoms with Crippen molar-refractivity contribution >= 4 is 5.97 Å². The van der Waals surface area contributed by atoms with E-state index in [0.29, 0.717) is 13.0 Å². The maximum Gasteiger partial charge on any atom is 0.303 e. The van der Waals surface area contributed by atoms with Gasteiger partial charge in [0.25, 0.3) is 0 Å². The number of carboxylic acid groups (broad SMARTS) is 1. The molecule has 0 bridgehead atoms. The maximum atomic E-state index is 10.5. The number of hydrogen-bond acceptors (Lipinski definition) is 2. The summed E-state index contributed by atoms with van der Waals surface area (Å²) in [6, 6.07) is 5.85. The average molecular weight is 208 g/mol. The van der Waals surface area contributed by atoms with Gasteiger partial charge in [0.15, 0.2) is 0 Å². The Hall–Kier alpha value is -1.51. The van der Waals surface area contributed by atoms with E-state index in [0.717, 1.165) is 16.9 Å². The molecule has 0 unspecified atom stereocenters. The van der Waals surface area contributed by atoms with Gasteiger partial charge in [0.1, 0.15) is 5.75 Å². The minimum atomic E-state index is -0.780. The van der Waals surface area contributed by atoms with E-state index in [1.807, 2.05) is 32.0 Å². The normalized spacial score (nSPS) is 10.0. The summed E-state index contributed by atoms with van der Waals surface area (Å²) in [6.45, 7) is 4.51. The first-order valence-corrected chi connectivity index (χ1v) is 5.07. The highest BCUT2D eigenvalue weighted by Gasteiger charge is 2.05. The largest absolute Gasteiger partial charge is 0.494 e. The van der Waals surface area contributed by atoms with Gasteiger partial charge in [0, 0.05) is 6.42 Å². The Morgan fingerprint density at radius 1 is 1.47 bits per heavy atom. The van der Waals surface area contributed by atoms with Crippen molar-refractivity contribution in [2.24, 2.45) is 0 Å². The predicted octanol–water partition coefficient (Wildman–Crippen LogP) is 2.41. The second-order valence-electron chi connectivity index (χ2n) is 3.44. The number of carboxylic acids is 1. The van der Waals surface area contributed by atoms with Gasteiger partial charge in [-0.15, -0.1) is 0 Å². The zero-order valence-corrected chi connectivity index (χ0v) is 9.12. The van der Waals surface area contributed by atoms with Crippen molar-refractivity contribution < 1.29 is 14.6 Å². The number of benzene rings is 1. The van der Waals surface area contributed by atoms with Gasteiger partial charge in [0.05, 0.1) is 6.61 Å². The molecule has 1 rings (SSSR count). The molecule has 0 aliphatic heterocycles. The molecule has 0 spiro atoms. The van der Waals surface area contributed by atoms with Gasteiger partial charge in [-0.1, -0.05) is 12.1 Å². The van der Waals surface area contributed by atoms with Crippen molar-refractivity contribution in [2.75, 3.05) is 6.61 Å². The first-order valence-electron chi connectivity index (χ1n) is 5.07. The summed E-state index contributed by atoms with van der Waals surface area (Å²) in [5.41, 5.74) is 2.09. The lowest BCUT2D eigenvalue weighted by molar-refractivity contribution is -0.136. The molecule has 1 aromatic carbocycles. The molecule has 0 amide bonds. The number of carbonyl (C=O) groups is 1. The van der Waals surface area contributed by atoms with E-state index in [9.17, 15) is 4.79 Å². The number of ether oxygens (including phenoxy) is 1. The van der Waals surface area contributed by atoms with E-state index in [1.54, 1.807) is 0 Å². The molecule has 0 atom stereocenters. The van der Waals surface area contributed by atoms with Crippen LogP contribution in [0, 0.1) is 6.92 Å². The highest BCUT2D eigenvalue weighted by atomic mass is 16.5. The number of aliphatic carboxylic acids is 1. The summed E-state index contributed by atoms with van der Waals surface area (Å²) in [6.07, 6.45) is 0.661. The molecule has 0 radical (unpaired) electrons. The highest BCUT2D eigenvalue weighted by molar-refractivity contribution is 5.67. The molecule has 3 heteroatoms. The van der Waals surface area contributed by atoms with E-state index < -0.39 is 5.97 Å². The summed E-state index contributed by atoms with van der Waals surface area (Å²) in [4.78, 5) is 10.5. The van der Waals surface area contributed by atoms with Crippen molar-refractivity contribution in [3.8, 4) is 5.75 Å². The van der Waals surface area contributed by atoms with Crippen LogP contribution in [0.5, 0.6) is 5.75 Å². The van der Waals surface area contributed by atoms with Crippen LogP contribution in [-0.2, 0) is 11.2 Å². The fourth-order valence-electron chi connectivity index (χ4n) is 1.40. The minimum Gasteiger partial charge on any atom is -0.494 e. The van der Waals surface area contributed by atoms with Crippen molar-refractivity contribution in [2.45, 2.75) is 26.7 Å². The van der Waals surface area contributed by atoms with Gasteiger partial charge in [0.2, 0.25) is 0 Å². The maximum absolute atomic E-state index is 10.5. The van der Waals surface area contributed by atoms with E-state index in [-0.39, 0.29) is 6.42 Å². The first kappa shape index (κ1) is 11.6. The Balaban J connectivity index is 2.80. The van der Waals surface area contributed by atoms with Gasteiger partial charge in [-0.2, -0.15) is 0 Å². The van der Waals surface area contributed by atoms with E-state index in [4.69, 9.17) is 9.84 Å². The molecule has 0 saturated carbocycles. The summed E-state index contributed by atoms with van der Waals surface area (Å²) in [7, 11) is 0. The van der Waals surface area contributed by atoms with Crippen LogP contribution in [0.2, 0.25) is 0 Å². The Bertz CT molecular complexity index is 345. The third kappa shape index (κ3) is 3.62. The third-order valence-corrected chi connectivity index (χ3v) is 2.13. The molecule has 0 aliphatic carbocycles. The van der Waals surface area contributed by atoms with Gasteiger partial charge < -0.3 is 9.84 Å². The zero-order chi connectivity index (χ0) is 11.3. The molecule has 1 aromatic rings. The van der Waals surface area contributed by atoms with Gasteiger partial charge in [-0.05, 0) is 37.5 Å². The zero-order valence-electron chi connectivity index (χ0n) is 9.12. The lowest BCUT2D eigenvalue weighted by Crippen LogP contribution is -2.01. The average Bonchev–Trinajstić information content (AvgIpc) is 2.17. The fourth-order valence-corrected chi connectivity index (χ4v) is 1.40. The van der Waals surface area contributed by atoms with Crippen molar-refractivity contribution in [1.29, 1.82) is 0 Å². The van der Waals surface area contributed by atoms with Crippen LogP contribution in [0.4, 0.5) is 0 Å². The molecular weight excluding hydrogens is 192 g/mol. The van der Waals surface area contributed by atoms with Crippen molar-refractivity contribution in [1.82, 2.24) is 0 Å². The molecule has 0 fully saturated rings. The van der Waals surface area contributed by atoms with Crippen molar-refractivity contribution in [3.63, 3.8) is 0 Å². The van der Waals surface area contributed by atoms with E-state index >= 15 is 0 Å². The van der Waals surface area contributed by atoms with E-state index in [2.05, 4.69) is 0 Å². The number of rotatable bonds is 5. The molecule has 0 saturated heterocycles. The lowest BCUT2D eigenvalue weighted by Gasteiger charge is -2.10. The molecule has 1 N–H and O–H groups in total. The van der Waals surface area contributed by atoms with Crippen LogP contribution in [0.15, 0.2) is 18.2 Å². The van der Waals surface area contributed by atoms with Crippen LogP contribution < -0.4 is 4.74 Å². The van der Waals surface area contributed by atoms with Gasteiger partial charge >= 0.3 is 5.97 Å². The second-order valence-corrected chi connectivity index (χ2v) is 3.44. The van der Waals surface area contributed by atoms with E-state index in [1.165, 1.54) is 0 Å². The topological polar surface area (TPSA) is 46.5 Å². The molecule has 0 aliphatic rings. The molecule has 15 heavy (non-hydrogen) atoms. The third-order valence-electron chi connectivity index (χ3n) is 2.13. The Morgan fingerprint density at radius 3 is 2.80 bits per heavy atom. The number of aryl methyl sites for hydroxylation is 2. The summed E-state index contributed by atoms with van der Waals surface area (Å²) in [5.74, 6) is 0.0248. The molecular formula is C12H16O3. The van der Waals surface area contributed by atoms with Crippen LogP contribution in [0.3, 0.4) is 0 Å². The van der Waals surface area contributed by atoms with Gasteiger partial charge in [-0.3, -0.25) is 4.79 Å².